The van der Waals surface area contributed by atoms with Gasteiger partial charge in [-0.05, 0) is 27.2 Å². The van der Waals surface area contributed by atoms with E-state index in [2.05, 4.69) is 15.6 Å². The molecular weight excluding hydrogens is 210 g/mol. The molecule has 0 bridgehead atoms. The van der Waals surface area contributed by atoms with Crippen LogP contribution in [0.5, 0.6) is 0 Å². The molecule has 1 aliphatic heterocycles. The summed E-state index contributed by atoms with van der Waals surface area (Å²) in [6, 6.07) is -0.0283. The van der Waals surface area contributed by atoms with Gasteiger partial charge in [-0.25, -0.2) is 0 Å². The van der Waals surface area contributed by atoms with E-state index in [0.29, 0.717) is 0 Å². The highest BCUT2D eigenvalue weighted by atomic mass is 32.2. The summed E-state index contributed by atoms with van der Waals surface area (Å²) in [5.41, 5.74) is 0. The van der Waals surface area contributed by atoms with E-state index in [0.717, 1.165) is 23.9 Å². The first-order valence-electron chi connectivity index (χ1n) is 5.33. The summed E-state index contributed by atoms with van der Waals surface area (Å²) >= 11 is 1.69. The molecule has 1 rings (SSSR count). The molecule has 0 spiro atoms. The first-order valence-corrected chi connectivity index (χ1v) is 6.32. The zero-order valence-corrected chi connectivity index (χ0v) is 10.4. The van der Waals surface area contributed by atoms with Crippen molar-refractivity contribution < 1.29 is 4.79 Å². The summed E-state index contributed by atoms with van der Waals surface area (Å²) in [6.45, 7) is 6.64. The first kappa shape index (κ1) is 12.4. The molecule has 0 aromatic rings. The maximum atomic E-state index is 11.6. The Kier molecular flexibility index (Phi) is 4.94. The summed E-state index contributed by atoms with van der Waals surface area (Å²) in [5, 5.41) is 6.89. The van der Waals surface area contributed by atoms with Crippen LogP contribution in [0.2, 0.25) is 0 Å². The SMILES string of the molecule is CC(C)NC(=O)C(C)NC1=NCCCS1. The lowest BCUT2D eigenvalue weighted by molar-refractivity contribution is -0.122. The van der Waals surface area contributed by atoms with Crippen LogP contribution in [0, 0.1) is 0 Å². The van der Waals surface area contributed by atoms with Crippen LogP contribution in [0.3, 0.4) is 0 Å². The molecule has 2 N–H and O–H groups in total. The van der Waals surface area contributed by atoms with Gasteiger partial charge >= 0.3 is 0 Å². The summed E-state index contributed by atoms with van der Waals surface area (Å²) < 4.78 is 0. The molecular formula is C10H19N3OS. The maximum absolute atomic E-state index is 11.6. The van der Waals surface area contributed by atoms with Gasteiger partial charge in [-0.1, -0.05) is 11.8 Å². The molecule has 1 atom stereocenters. The number of amidine groups is 1. The van der Waals surface area contributed by atoms with Crippen LogP contribution in [-0.2, 0) is 4.79 Å². The standard InChI is InChI=1S/C10H19N3OS/c1-7(2)12-9(14)8(3)13-10-11-5-4-6-15-10/h7-8H,4-6H2,1-3H3,(H,11,13)(H,12,14). The lowest BCUT2D eigenvalue weighted by atomic mass is 10.3. The molecule has 0 saturated heterocycles. The Morgan fingerprint density at radius 3 is 2.73 bits per heavy atom. The number of carbonyl (C=O) groups excluding carboxylic acids is 1. The van der Waals surface area contributed by atoms with E-state index in [9.17, 15) is 4.79 Å². The highest BCUT2D eigenvalue weighted by Gasteiger charge is 2.16. The van der Waals surface area contributed by atoms with Gasteiger partial charge < -0.3 is 10.6 Å². The Bertz CT molecular complexity index is 253. The molecule has 1 unspecified atom stereocenters. The molecule has 0 fully saturated rings. The third-order valence-corrected chi connectivity index (χ3v) is 2.97. The van der Waals surface area contributed by atoms with Crippen LogP contribution < -0.4 is 10.6 Å². The second-order valence-electron chi connectivity index (χ2n) is 3.92. The van der Waals surface area contributed by atoms with Gasteiger partial charge in [-0.3, -0.25) is 9.79 Å². The summed E-state index contributed by atoms with van der Waals surface area (Å²) in [5.74, 6) is 1.11. The highest BCUT2D eigenvalue weighted by Crippen LogP contribution is 2.10. The fourth-order valence-electron chi connectivity index (χ4n) is 1.21. The van der Waals surface area contributed by atoms with Crippen molar-refractivity contribution in [1.82, 2.24) is 10.6 Å². The minimum Gasteiger partial charge on any atom is -0.353 e. The van der Waals surface area contributed by atoms with E-state index in [-0.39, 0.29) is 18.0 Å². The van der Waals surface area contributed by atoms with E-state index in [1.807, 2.05) is 20.8 Å². The minimum absolute atomic E-state index is 0.0267. The lowest BCUT2D eigenvalue weighted by Crippen LogP contribution is -2.46. The number of amides is 1. The molecule has 0 saturated carbocycles. The van der Waals surface area contributed by atoms with E-state index < -0.39 is 0 Å². The predicted molar refractivity (Wildman–Crippen MR) is 65.3 cm³/mol. The zero-order valence-electron chi connectivity index (χ0n) is 9.54. The molecule has 0 aliphatic carbocycles. The fourth-order valence-corrected chi connectivity index (χ4v) is 2.12. The van der Waals surface area contributed by atoms with E-state index in [1.54, 1.807) is 11.8 Å². The van der Waals surface area contributed by atoms with Crippen molar-refractivity contribution in [1.29, 1.82) is 0 Å². The van der Waals surface area contributed by atoms with Gasteiger partial charge in [0.15, 0.2) is 5.17 Å². The van der Waals surface area contributed by atoms with Gasteiger partial charge in [-0.2, -0.15) is 0 Å². The van der Waals surface area contributed by atoms with E-state index >= 15 is 0 Å². The highest BCUT2D eigenvalue weighted by molar-refractivity contribution is 8.13. The quantitative estimate of drug-likeness (QED) is 0.758. The molecule has 5 heteroatoms. The van der Waals surface area contributed by atoms with Crippen molar-refractivity contribution in [2.75, 3.05) is 12.3 Å². The molecule has 0 radical (unpaired) electrons. The Labute approximate surface area is 95.3 Å². The molecule has 1 amide bonds. The Hall–Kier alpha value is -0.710. The smallest absolute Gasteiger partial charge is 0.242 e. The Balaban J connectivity index is 2.36. The Morgan fingerprint density at radius 2 is 2.20 bits per heavy atom. The Morgan fingerprint density at radius 1 is 1.47 bits per heavy atom. The third kappa shape index (κ3) is 4.55. The van der Waals surface area contributed by atoms with Crippen LogP contribution in [0.15, 0.2) is 4.99 Å². The van der Waals surface area contributed by atoms with Crippen molar-refractivity contribution >= 4 is 22.8 Å². The van der Waals surface area contributed by atoms with Crippen LogP contribution in [0.25, 0.3) is 0 Å². The maximum Gasteiger partial charge on any atom is 0.242 e. The normalized spacial score (nSPS) is 18.3. The average Bonchev–Trinajstić information content (AvgIpc) is 2.18. The average molecular weight is 229 g/mol. The number of nitrogens with zero attached hydrogens (tertiary/aromatic N) is 1. The topological polar surface area (TPSA) is 53.5 Å². The minimum atomic E-state index is -0.211. The van der Waals surface area contributed by atoms with Crippen molar-refractivity contribution in [3.63, 3.8) is 0 Å². The van der Waals surface area contributed by atoms with Crippen LogP contribution in [0.4, 0.5) is 0 Å². The lowest BCUT2D eigenvalue weighted by Gasteiger charge is -2.19. The molecule has 0 aromatic carbocycles. The molecule has 86 valence electrons. The van der Waals surface area contributed by atoms with Crippen molar-refractivity contribution in [2.45, 2.75) is 39.3 Å². The second kappa shape index (κ2) is 6.00. The van der Waals surface area contributed by atoms with Crippen molar-refractivity contribution in [3.05, 3.63) is 0 Å². The summed E-state index contributed by atoms with van der Waals surface area (Å²) in [4.78, 5) is 15.9. The monoisotopic (exact) mass is 229 g/mol. The van der Waals surface area contributed by atoms with E-state index in [1.165, 1.54) is 0 Å². The van der Waals surface area contributed by atoms with Gasteiger partial charge in [0.05, 0.1) is 0 Å². The zero-order chi connectivity index (χ0) is 11.3. The van der Waals surface area contributed by atoms with E-state index in [4.69, 9.17) is 0 Å². The van der Waals surface area contributed by atoms with Gasteiger partial charge in [-0.15, -0.1) is 0 Å². The number of hydrogen-bond donors (Lipinski definition) is 2. The predicted octanol–water partition coefficient (Wildman–Crippen LogP) is 0.982. The summed E-state index contributed by atoms with van der Waals surface area (Å²) in [6.07, 6.45) is 1.13. The van der Waals surface area contributed by atoms with Crippen LogP contribution in [0.1, 0.15) is 27.2 Å². The van der Waals surface area contributed by atoms with Crippen molar-refractivity contribution in [3.8, 4) is 0 Å². The number of hydrogen-bond acceptors (Lipinski definition) is 4. The molecule has 0 aromatic heterocycles. The van der Waals surface area contributed by atoms with Gasteiger partial charge in [0, 0.05) is 18.3 Å². The second-order valence-corrected chi connectivity index (χ2v) is 5.00. The number of thioether (sulfide) groups is 1. The molecule has 1 aliphatic rings. The number of carbonyl (C=O) groups is 1. The van der Waals surface area contributed by atoms with Crippen LogP contribution >= 0.6 is 11.8 Å². The van der Waals surface area contributed by atoms with Crippen molar-refractivity contribution in [2.24, 2.45) is 4.99 Å². The largest absolute Gasteiger partial charge is 0.353 e. The number of nitrogens with one attached hydrogen (secondary N) is 2. The fraction of sp³-hybridized carbons (Fsp3) is 0.800. The number of aliphatic imine (C=N–C) groups is 1. The molecule has 1 heterocycles. The molecule has 4 nitrogen and oxygen atoms in total. The molecule has 15 heavy (non-hydrogen) atoms. The van der Waals surface area contributed by atoms with Gasteiger partial charge in [0.1, 0.15) is 6.04 Å². The number of rotatable bonds is 3. The van der Waals surface area contributed by atoms with Crippen LogP contribution in [-0.4, -0.2) is 35.5 Å². The first-order chi connectivity index (χ1) is 7.09. The van der Waals surface area contributed by atoms with Gasteiger partial charge in [0.25, 0.3) is 0 Å². The van der Waals surface area contributed by atoms with Gasteiger partial charge in [0.2, 0.25) is 5.91 Å². The summed E-state index contributed by atoms with van der Waals surface area (Å²) in [7, 11) is 0. The third-order valence-electron chi connectivity index (χ3n) is 1.96.